The topological polar surface area (TPSA) is 50.8 Å². The van der Waals surface area contributed by atoms with Gasteiger partial charge in [0, 0.05) is 18.2 Å². The van der Waals surface area contributed by atoms with Gasteiger partial charge in [0.1, 0.15) is 17.2 Å². The highest BCUT2D eigenvalue weighted by molar-refractivity contribution is 5.94. The van der Waals surface area contributed by atoms with Crippen molar-refractivity contribution in [1.82, 2.24) is 10.2 Å². The van der Waals surface area contributed by atoms with E-state index < -0.39 is 0 Å². The van der Waals surface area contributed by atoms with Crippen LogP contribution in [0, 0.1) is 5.92 Å². The quantitative estimate of drug-likeness (QED) is 0.897. The fraction of sp³-hybridized carbons (Fsp3) is 0.381. The van der Waals surface area contributed by atoms with Crippen LogP contribution in [-0.2, 0) is 0 Å². The summed E-state index contributed by atoms with van der Waals surface area (Å²) >= 11 is 0. The van der Waals surface area contributed by atoms with Crippen molar-refractivity contribution in [2.45, 2.75) is 18.9 Å². The Morgan fingerprint density at radius 3 is 2.08 bits per heavy atom. The summed E-state index contributed by atoms with van der Waals surface area (Å²) in [6.45, 7) is 3.33. The smallest absolute Gasteiger partial charge is 0.251 e. The summed E-state index contributed by atoms with van der Waals surface area (Å²) in [6.07, 6.45) is 2.39. The van der Waals surface area contributed by atoms with Gasteiger partial charge in [0.05, 0.1) is 7.11 Å². The van der Waals surface area contributed by atoms with Gasteiger partial charge >= 0.3 is 0 Å². The van der Waals surface area contributed by atoms with Crippen LogP contribution in [0.2, 0.25) is 0 Å². The van der Waals surface area contributed by atoms with Gasteiger partial charge in [0.2, 0.25) is 0 Å². The van der Waals surface area contributed by atoms with Gasteiger partial charge in [-0.25, -0.2) is 0 Å². The Labute approximate surface area is 153 Å². The van der Waals surface area contributed by atoms with Crippen molar-refractivity contribution in [2.24, 2.45) is 5.92 Å². The maximum Gasteiger partial charge on any atom is 0.251 e. The summed E-state index contributed by atoms with van der Waals surface area (Å²) in [6, 6.07) is 15.0. The second kappa shape index (κ2) is 7.38. The Morgan fingerprint density at radius 1 is 0.962 bits per heavy atom. The predicted octanol–water partition coefficient (Wildman–Crippen LogP) is 3.31. The largest absolute Gasteiger partial charge is 0.497 e. The van der Waals surface area contributed by atoms with Gasteiger partial charge in [-0.05, 0) is 80.4 Å². The van der Waals surface area contributed by atoms with Crippen molar-refractivity contribution >= 4 is 5.91 Å². The standard InChI is InChI=1S/C21H24N2O3/c1-25-17-6-8-19(9-7-17)26-18-4-2-16(3-5-18)21(24)22-20-14-23-12-10-15(20)11-13-23/h2-9,15,20H,10-14H2,1H3,(H,22,24). The molecule has 2 bridgehead atoms. The predicted molar refractivity (Wildman–Crippen MR) is 99.9 cm³/mol. The SMILES string of the molecule is COc1ccc(Oc2ccc(C(=O)NC3CN4CCC3CC4)cc2)cc1. The minimum absolute atomic E-state index is 0.000234. The maximum atomic E-state index is 12.5. The highest BCUT2D eigenvalue weighted by Gasteiger charge is 2.34. The fourth-order valence-corrected chi connectivity index (χ4v) is 3.83. The molecule has 0 aromatic heterocycles. The zero-order valence-electron chi connectivity index (χ0n) is 15.0. The first-order valence-corrected chi connectivity index (χ1v) is 9.16. The molecular weight excluding hydrogens is 328 g/mol. The minimum atomic E-state index is -0.000234. The van der Waals surface area contributed by atoms with Gasteiger partial charge in [-0.1, -0.05) is 0 Å². The van der Waals surface area contributed by atoms with Gasteiger partial charge in [-0.3, -0.25) is 4.79 Å². The van der Waals surface area contributed by atoms with Gasteiger partial charge in [-0.2, -0.15) is 0 Å². The molecule has 0 radical (unpaired) electrons. The first kappa shape index (κ1) is 16.9. The molecule has 0 spiro atoms. The van der Waals surface area contributed by atoms with E-state index in [9.17, 15) is 4.79 Å². The highest BCUT2D eigenvalue weighted by atomic mass is 16.5. The van der Waals surface area contributed by atoms with E-state index in [0.717, 1.165) is 18.0 Å². The molecule has 1 N–H and O–H groups in total. The molecule has 2 aromatic carbocycles. The lowest BCUT2D eigenvalue weighted by Gasteiger charge is -2.44. The van der Waals surface area contributed by atoms with E-state index in [1.54, 1.807) is 7.11 Å². The molecule has 0 aliphatic carbocycles. The number of rotatable bonds is 5. The lowest BCUT2D eigenvalue weighted by molar-refractivity contribution is 0.0620. The zero-order valence-corrected chi connectivity index (χ0v) is 15.0. The molecule has 3 aliphatic heterocycles. The molecule has 3 saturated heterocycles. The number of nitrogens with zero attached hydrogens (tertiary/aromatic N) is 1. The number of fused-ring (bicyclic) bond motifs is 3. The zero-order chi connectivity index (χ0) is 17.9. The first-order chi connectivity index (χ1) is 12.7. The van der Waals surface area contributed by atoms with Crippen LogP contribution in [0.15, 0.2) is 48.5 Å². The molecule has 5 heteroatoms. The summed E-state index contributed by atoms with van der Waals surface area (Å²) in [7, 11) is 1.63. The monoisotopic (exact) mass is 352 g/mol. The molecule has 1 amide bonds. The van der Waals surface area contributed by atoms with E-state index in [1.807, 2.05) is 48.5 Å². The molecule has 26 heavy (non-hydrogen) atoms. The van der Waals surface area contributed by atoms with Crippen molar-refractivity contribution in [3.8, 4) is 17.2 Å². The number of ether oxygens (including phenoxy) is 2. The third-order valence-electron chi connectivity index (χ3n) is 5.38. The molecule has 1 unspecified atom stereocenters. The number of carbonyl (C=O) groups excluding carboxylic acids is 1. The molecule has 3 fully saturated rings. The maximum absolute atomic E-state index is 12.5. The number of methoxy groups -OCH3 is 1. The third-order valence-corrected chi connectivity index (χ3v) is 5.38. The Balaban J connectivity index is 1.36. The summed E-state index contributed by atoms with van der Waals surface area (Å²) in [4.78, 5) is 15.0. The third kappa shape index (κ3) is 3.68. The molecule has 5 nitrogen and oxygen atoms in total. The van der Waals surface area contributed by atoms with Crippen LogP contribution in [0.1, 0.15) is 23.2 Å². The van der Waals surface area contributed by atoms with E-state index in [2.05, 4.69) is 10.2 Å². The fourth-order valence-electron chi connectivity index (χ4n) is 3.83. The minimum Gasteiger partial charge on any atom is -0.497 e. The number of nitrogens with one attached hydrogen (secondary N) is 1. The lowest BCUT2D eigenvalue weighted by atomic mass is 9.84. The molecule has 136 valence electrons. The molecule has 3 heterocycles. The molecule has 5 rings (SSSR count). The van der Waals surface area contributed by atoms with E-state index >= 15 is 0 Å². The van der Waals surface area contributed by atoms with Gasteiger partial charge < -0.3 is 19.7 Å². The number of benzene rings is 2. The van der Waals surface area contributed by atoms with Crippen LogP contribution in [-0.4, -0.2) is 43.6 Å². The van der Waals surface area contributed by atoms with Crippen LogP contribution in [0.25, 0.3) is 0 Å². The summed E-state index contributed by atoms with van der Waals surface area (Å²) in [5.74, 6) is 2.85. The summed E-state index contributed by atoms with van der Waals surface area (Å²) < 4.78 is 10.9. The lowest BCUT2D eigenvalue weighted by Crippen LogP contribution is -2.57. The van der Waals surface area contributed by atoms with Gasteiger partial charge in [-0.15, -0.1) is 0 Å². The average Bonchev–Trinajstić information content (AvgIpc) is 2.70. The molecule has 1 atom stereocenters. The second-order valence-electron chi connectivity index (χ2n) is 7.02. The van der Waals surface area contributed by atoms with Crippen molar-refractivity contribution in [3.63, 3.8) is 0 Å². The Hall–Kier alpha value is -2.53. The van der Waals surface area contributed by atoms with Crippen molar-refractivity contribution in [2.75, 3.05) is 26.7 Å². The molecule has 0 saturated carbocycles. The number of hydrogen-bond donors (Lipinski definition) is 1. The number of piperidine rings is 3. The van der Waals surface area contributed by atoms with Gasteiger partial charge in [0.25, 0.3) is 5.91 Å². The van der Waals surface area contributed by atoms with Crippen LogP contribution in [0.5, 0.6) is 17.2 Å². The second-order valence-corrected chi connectivity index (χ2v) is 7.02. The average molecular weight is 352 g/mol. The molecule has 2 aromatic rings. The molecular formula is C21H24N2O3. The van der Waals surface area contributed by atoms with E-state index in [0.29, 0.717) is 17.2 Å². The number of hydrogen-bond acceptors (Lipinski definition) is 4. The molecule has 3 aliphatic rings. The number of carbonyl (C=O) groups is 1. The van der Waals surface area contributed by atoms with E-state index in [-0.39, 0.29) is 11.9 Å². The summed E-state index contributed by atoms with van der Waals surface area (Å²) in [5.41, 5.74) is 0.670. The van der Waals surface area contributed by atoms with Crippen LogP contribution in [0.4, 0.5) is 0 Å². The van der Waals surface area contributed by atoms with Crippen LogP contribution < -0.4 is 14.8 Å². The van der Waals surface area contributed by atoms with Crippen LogP contribution in [0.3, 0.4) is 0 Å². The van der Waals surface area contributed by atoms with Crippen molar-refractivity contribution < 1.29 is 14.3 Å². The van der Waals surface area contributed by atoms with Crippen molar-refractivity contribution in [3.05, 3.63) is 54.1 Å². The van der Waals surface area contributed by atoms with Crippen LogP contribution >= 0.6 is 0 Å². The first-order valence-electron chi connectivity index (χ1n) is 9.16. The van der Waals surface area contributed by atoms with E-state index in [1.165, 1.54) is 25.9 Å². The number of amides is 1. The Kier molecular flexibility index (Phi) is 4.80. The Morgan fingerprint density at radius 2 is 1.54 bits per heavy atom. The van der Waals surface area contributed by atoms with Crippen molar-refractivity contribution in [1.29, 1.82) is 0 Å². The summed E-state index contributed by atoms with van der Waals surface area (Å²) in [5, 5.41) is 3.21. The normalized spacial score (nSPS) is 24.1. The Bertz CT molecular complexity index is 750. The highest BCUT2D eigenvalue weighted by Crippen LogP contribution is 2.28. The van der Waals surface area contributed by atoms with Gasteiger partial charge in [0.15, 0.2) is 0 Å². The van der Waals surface area contributed by atoms with E-state index in [4.69, 9.17) is 9.47 Å².